The molecule has 2 aromatic rings. The van der Waals surface area contributed by atoms with Crippen molar-refractivity contribution in [1.82, 2.24) is 4.31 Å². The fourth-order valence-electron chi connectivity index (χ4n) is 3.11. The number of carbonyl (C=O) groups is 1. The topological polar surface area (TPSA) is 75.7 Å². The molecule has 1 aliphatic heterocycles. The van der Waals surface area contributed by atoms with Gasteiger partial charge in [0.15, 0.2) is 0 Å². The second-order valence-corrected chi connectivity index (χ2v) is 10.7. The van der Waals surface area contributed by atoms with Gasteiger partial charge < -0.3 is 10.1 Å². The molecular formula is C21H25BrN2O4S. The largest absolute Gasteiger partial charge is 0.379 e. The van der Waals surface area contributed by atoms with E-state index in [1.165, 1.54) is 16.4 Å². The number of benzene rings is 2. The first-order chi connectivity index (χ1) is 13.6. The van der Waals surface area contributed by atoms with Crippen LogP contribution in [0.2, 0.25) is 0 Å². The van der Waals surface area contributed by atoms with Gasteiger partial charge in [-0.1, -0.05) is 42.8 Å². The van der Waals surface area contributed by atoms with Gasteiger partial charge in [-0.15, -0.1) is 0 Å². The molecule has 1 saturated heterocycles. The number of carbonyl (C=O) groups excluding carboxylic acids is 1. The minimum Gasteiger partial charge on any atom is -0.379 e. The Kier molecular flexibility index (Phi) is 6.48. The summed E-state index contributed by atoms with van der Waals surface area (Å²) in [5, 5.41) is 2.81. The number of anilines is 1. The molecule has 3 rings (SSSR count). The van der Waals surface area contributed by atoms with Crippen LogP contribution in [0.1, 0.15) is 36.7 Å². The Morgan fingerprint density at radius 1 is 1.07 bits per heavy atom. The van der Waals surface area contributed by atoms with Crippen LogP contribution in [0.5, 0.6) is 0 Å². The van der Waals surface area contributed by atoms with Crippen LogP contribution in [0.4, 0.5) is 5.69 Å². The quantitative estimate of drug-likeness (QED) is 0.716. The maximum atomic E-state index is 12.7. The fraction of sp³-hybridized carbons (Fsp3) is 0.381. The Morgan fingerprint density at radius 2 is 1.69 bits per heavy atom. The zero-order valence-electron chi connectivity index (χ0n) is 16.7. The molecule has 29 heavy (non-hydrogen) atoms. The molecule has 1 aliphatic rings. The number of rotatable bonds is 4. The lowest BCUT2D eigenvalue weighted by Gasteiger charge is -2.26. The van der Waals surface area contributed by atoms with E-state index in [1.807, 2.05) is 6.07 Å². The maximum absolute atomic E-state index is 12.7. The third-order valence-electron chi connectivity index (χ3n) is 4.76. The highest BCUT2D eigenvalue weighted by Gasteiger charge is 2.26. The molecule has 0 saturated carbocycles. The van der Waals surface area contributed by atoms with Crippen LogP contribution >= 0.6 is 15.9 Å². The Hall–Kier alpha value is -1.74. The molecule has 2 aromatic carbocycles. The zero-order chi connectivity index (χ0) is 21.2. The minimum atomic E-state index is -3.55. The summed E-state index contributed by atoms with van der Waals surface area (Å²) in [7, 11) is -3.55. The van der Waals surface area contributed by atoms with Crippen molar-refractivity contribution in [2.24, 2.45) is 0 Å². The van der Waals surface area contributed by atoms with E-state index >= 15 is 0 Å². The minimum absolute atomic E-state index is 0.0321. The SMILES string of the molecule is CC(C)(C)c1ccc(C(=O)Nc2ccc(S(=O)(=O)N3CCOCC3)cc2)cc1Br. The van der Waals surface area contributed by atoms with Crippen LogP contribution in [-0.2, 0) is 20.2 Å². The average Bonchev–Trinajstić information content (AvgIpc) is 2.68. The summed E-state index contributed by atoms with van der Waals surface area (Å²) in [4.78, 5) is 12.8. The number of nitrogens with one attached hydrogen (secondary N) is 1. The molecule has 1 heterocycles. The van der Waals surface area contributed by atoms with Crippen molar-refractivity contribution in [3.8, 4) is 0 Å². The van der Waals surface area contributed by atoms with Crippen molar-refractivity contribution < 1.29 is 17.9 Å². The Balaban J connectivity index is 1.73. The van der Waals surface area contributed by atoms with Crippen LogP contribution in [-0.4, -0.2) is 44.9 Å². The molecule has 0 atom stereocenters. The summed E-state index contributed by atoms with van der Waals surface area (Å²) in [6.07, 6.45) is 0. The number of amides is 1. The van der Waals surface area contributed by atoms with Gasteiger partial charge in [-0.3, -0.25) is 4.79 Å². The average molecular weight is 481 g/mol. The van der Waals surface area contributed by atoms with Crippen LogP contribution in [0.3, 0.4) is 0 Å². The van der Waals surface area contributed by atoms with E-state index in [9.17, 15) is 13.2 Å². The molecule has 6 nitrogen and oxygen atoms in total. The van der Waals surface area contributed by atoms with Gasteiger partial charge in [0.2, 0.25) is 10.0 Å². The molecule has 1 N–H and O–H groups in total. The number of ether oxygens (including phenoxy) is 1. The van der Waals surface area contributed by atoms with Crippen molar-refractivity contribution >= 4 is 37.5 Å². The predicted molar refractivity (Wildman–Crippen MR) is 117 cm³/mol. The molecule has 156 valence electrons. The monoisotopic (exact) mass is 480 g/mol. The van der Waals surface area contributed by atoms with Gasteiger partial charge in [0.1, 0.15) is 0 Å². The molecule has 0 spiro atoms. The maximum Gasteiger partial charge on any atom is 0.255 e. The summed E-state index contributed by atoms with van der Waals surface area (Å²) in [5.74, 6) is -0.255. The zero-order valence-corrected chi connectivity index (χ0v) is 19.1. The van der Waals surface area contributed by atoms with Crippen molar-refractivity contribution in [1.29, 1.82) is 0 Å². The van der Waals surface area contributed by atoms with Gasteiger partial charge in [-0.25, -0.2) is 8.42 Å². The van der Waals surface area contributed by atoms with Gasteiger partial charge in [0, 0.05) is 28.8 Å². The number of nitrogens with zero attached hydrogens (tertiary/aromatic N) is 1. The number of hydrogen-bond donors (Lipinski definition) is 1. The number of halogens is 1. The number of morpholine rings is 1. The second-order valence-electron chi connectivity index (χ2n) is 7.94. The number of hydrogen-bond acceptors (Lipinski definition) is 4. The molecule has 0 unspecified atom stereocenters. The molecule has 0 radical (unpaired) electrons. The lowest BCUT2D eigenvalue weighted by Crippen LogP contribution is -2.40. The lowest BCUT2D eigenvalue weighted by atomic mass is 9.86. The van der Waals surface area contributed by atoms with Crippen molar-refractivity contribution in [3.63, 3.8) is 0 Å². The van der Waals surface area contributed by atoms with Crippen LogP contribution < -0.4 is 5.32 Å². The number of sulfonamides is 1. The van der Waals surface area contributed by atoms with Crippen molar-refractivity contribution in [2.75, 3.05) is 31.6 Å². The van der Waals surface area contributed by atoms with E-state index in [-0.39, 0.29) is 16.2 Å². The van der Waals surface area contributed by atoms with E-state index in [2.05, 4.69) is 42.0 Å². The van der Waals surface area contributed by atoms with E-state index in [0.717, 1.165) is 10.0 Å². The van der Waals surface area contributed by atoms with E-state index < -0.39 is 10.0 Å². The first-order valence-electron chi connectivity index (χ1n) is 9.38. The normalized spacial score (nSPS) is 15.9. The molecule has 1 amide bonds. The third kappa shape index (κ3) is 5.06. The highest BCUT2D eigenvalue weighted by atomic mass is 79.9. The summed E-state index contributed by atoms with van der Waals surface area (Å²) in [6, 6.07) is 11.8. The summed E-state index contributed by atoms with van der Waals surface area (Å²) in [5.41, 5.74) is 2.14. The van der Waals surface area contributed by atoms with Crippen molar-refractivity contribution in [2.45, 2.75) is 31.1 Å². The first-order valence-corrected chi connectivity index (χ1v) is 11.6. The smallest absolute Gasteiger partial charge is 0.255 e. The van der Waals surface area contributed by atoms with Crippen LogP contribution in [0.15, 0.2) is 51.8 Å². The highest BCUT2D eigenvalue weighted by molar-refractivity contribution is 9.10. The molecule has 8 heteroatoms. The fourth-order valence-corrected chi connectivity index (χ4v) is 5.50. The second kappa shape index (κ2) is 8.55. The summed E-state index contributed by atoms with van der Waals surface area (Å²) < 4.78 is 32.8. The lowest BCUT2D eigenvalue weighted by molar-refractivity contribution is 0.0730. The molecular weight excluding hydrogens is 456 g/mol. The third-order valence-corrected chi connectivity index (χ3v) is 7.33. The summed E-state index contributed by atoms with van der Waals surface area (Å²) in [6.45, 7) is 7.83. The first kappa shape index (κ1) is 22.0. The Bertz CT molecular complexity index is 992. The van der Waals surface area contributed by atoms with Crippen LogP contribution in [0, 0.1) is 0 Å². The standard InChI is InChI=1S/C21H25BrN2O4S/c1-21(2,3)18-9-4-15(14-19(18)22)20(25)23-16-5-7-17(8-6-16)29(26,27)24-10-12-28-13-11-24/h4-9,14H,10-13H2,1-3H3,(H,23,25). The molecule has 0 bridgehead atoms. The summed E-state index contributed by atoms with van der Waals surface area (Å²) >= 11 is 3.55. The molecule has 1 fully saturated rings. The molecule has 0 aliphatic carbocycles. The van der Waals surface area contributed by atoms with Gasteiger partial charge in [-0.05, 0) is 47.4 Å². The van der Waals surface area contributed by atoms with E-state index in [0.29, 0.717) is 37.6 Å². The van der Waals surface area contributed by atoms with E-state index in [1.54, 1.807) is 24.3 Å². The van der Waals surface area contributed by atoms with Gasteiger partial charge >= 0.3 is 0 Å². The Labute approximate surface area is 180 Å². The molecule has 0 aromatic heterocycles. The predicted octanol–water partition coefficient (Wildman–Crippen LogP) is 4.02. The van der Waals surface area contributed by atoms with Gasteiger partial charge in [0.05, 0.1) is 18.1 Å². The van der Waals surface area contributed by atoms with E-state index in [4.69, 9.17) is 4.74 Å². The highest BCUT2D eigenvalue weighted by Crippen LogP contribution is 2.30. The van der Waals surface area contributed by atoms with Crippen LogP contribution in [0.25, 0.3) is 0 Å². The van der Waals surface area contributed by atoms with Gasteiger partial charge in [-0.2, -0.15) is 4.31 Å². The van der Waals surface area contributed by atoms with Crippen molar-refractivity contribution in [3.05, 3.63) is 58.1 Å². The Morgan fingerprint density at radius 3 is 2.24 bits per heavy atom. The van der Waals surface area contributed by atoms with Gasteiger partial charge in [0.25, 0.3) is 5.91 Å².